The van der Waals surface area contributed by atoms with E-state index in [2.05, 4.69) is 5.32 Å². The maximum Gasteiger partial charge on any atom is 0.261 e. The second kappa shape index (κ2) is 5.92. The Bertz CT molecular complexity index is 611. The first-order valence-corrected chi connectivity index (χ1v) is 8.63. The number of halogens is 2. The lowest BCUT2D eigenvalue weighted by Gasteiger charge is -2.18. The van der Waals surface area contributed by atoms with Crippen molar-refractivity contribution in [3.05, 3.63) is 22.7 Å². The van der Waals surface area contributed by atoms with E-state index >= 15 is 0 Å². The van der Waals surface area contributed by atoms with Gasteiger partial charge in [0.1, 0.15) is 0 Å². The van der Waals surface area contributed by atoms with Gasteiger partial charge in [-0.3, -0.25) is 4.79 Å². The van der Waals surface area contributed by atoms with Crippen LogP contribution < -0.4 is 5.32 Å². The first-order chi connectivity index (χ1) is 8.90. The zero-order valence-corrected chi connectivity index (χ0v) is 14.1. The second-order valence-electron chi connectivity index (χ2n) is 5.82. The lowest BCUT2D eigenvalue weighted by Crippen LogP contribution is -2.20. The van der Waals surface area contributed by atoms with E-state index in [1.54, 1.807) is 6.92 Å². The maximum absolute atomic E-state index is 11.9. The molecule has 0 radical (unpaired) electrons. The predicted molar refractivity (Wildman–Crippen MR) is 81.9 cm³/mol. The van der Waals surface area contributed by atoms with Gasteiger partial charge in [-0.1, -0.05) is 32.4 Å². The van der Waals surface area contributed by atoms with Gasteiger partial charge < -0.3 is 5.32 Å². The third kappa shape index (κ3) is 4.96. The second-order valence-corrected chi connectivity index (χ2v) is 8.79. The number of nitrogens with one attached hydrogen (secondary N) is 1. The summed E-state index contributed by atoms with van der Waals surface area (Å²) in [4.78, 5) is 11.8. The van der Waals surface area contributed by atoms with E-state index in [4.69, 9.17) is 22.3 Å². The van der Waals surface area contributed by atoms with Gasteiger partial charge in [0, 0.05) is 17.1 Å². The largest absolute Gasteiger partial charge is 0.325 e. The Kier molecular flexibility index (Phi) is 5.11. The van der Waals surface area contributed by atoms with E-state index in [1.807, 2.05) is 20.8 Å². The molecule has 1 N–H and O–H groups in total. The molecule has 0 saturated heterocycles. The molecule has 1 aromatic rings. The summed E-state index contributed by atoms with van der Waals surface area (Å²) in [6.07, 6.45) is 0.332. The number of carbonyl (C=O) groups is 1. The van der Waals surface area contributed by atoms with Crippen LogP contribution in [0, 0.1) is 12.3 Å². The van der Waals surface area contributed by atoms with E-state index < -0.39 is 9.05 Å². The zero-order valence-electron chi connectivity index (χ0n) is 11.8. The SMILES string of the molecule is Cc1cc(S(=O)(=O)Cl)cc(Cl)c1NC(=O)CC(C)(C)C. The summed E-state index contributed by atoms with van der Waals surface area (Å²) in [6.45, 7) is 7.50. The molecule has 0 saturated carbocycles. The first kappa shape index (κ1) is 17.3. The number of carbonyl (C=O) groups excluding carboxylic acids is 1. The topological polar surface area (TPSA) is 63.2 Å². The summed E-state index contributed by atoms with van der Waals surface area (Å²) in [6, 6.07) is 2.60. The van der Waals surface area contributed by atoms with Crippen molar-refractivity contribution < 1.29 is 13.2 Å². The lowest BCUT2D eigenvalue weighted by atomic mass is 9.92. The fraction of sp³-hybridized carbons (Fsp3) is 0.462. The minimum atomic E-state index is -3.85. The smallest absolute Gasteiger partial charge is 0.261 e. The molecular weight excluding hydrogens is 321 g/mol. The van der Waals surface area contributed by atoms with Crippen molar-refractivity contribution in [2.75, 3.05) is 5.32 Å². The van der Waals surface area contributed by atoms with Gasteiger partial charge in [0.2, 0.25) is 5.91 Å². The minimum absolute atomic E-state index is 0.0875. The molecule has 4 nitrogen and oxygen atoms in total. The van der Waals surface area contributed by atoms with Gasteiger partial charge in [-0.2, -0.15) is 0 Å². The highest BCUT2D eigenvalue weighted by Gasteiger charge is 2.19. The average molecular weight is 338 g/mol. The van der Waals surface area contributed by atoms with E-state index in [0.717, 1.165) is 0 Å². The van der Waals surface area contributed by atoms with Crippen LogP contribution in [0.3, 0.4) is 0 Å². The van der Waals surface area contributed by atoms with E-state index in [9.17, 15) is 13.2 Å². The molecule has 0 aliphatic rings. The third-order valence-electron chi connectivity index (χ3n) is 2.50. The fourth-order valence-electron chi connectivity index (χ4n) is 1.68. The number of aryl methyl sites for hydroxylation is 1. The van der Waals surface area contributed by atoms with Gasteiger partial charge in [0.15, 0.2) is 0 Å². The molecule has 1 rings (SSSR count). The number of amides is 1. The quantitative estimate of drug-likeness (QED) is 0.849. The number of hydrogen-bond acceptors (Lipinski definition) is 3. The molecule has 0 aromatic heterocycles. The van der Waals surface area contributed by atoms with Gasteiger partial charge in [-0.15, -0.1) is 0 Å². The fourth-order valence-corrected chi connectivity index (χ4v) is 2.90. The highest BCUT2D eigenvalue weighted by Crippen LogP contribution is 2.31. The van der Waals surface area contributed by atoms with Crippen LogP contribution in [0.15, 0.2) is 17.0 Å². The summed E-state index contributed by atoms with van der Waals surface area (Å²) in [7, 11) is 1.43. The molecule has 0 atom stereocenters. The monoisotopic (exact) mass is 337 g/mol. The predicted octanol–water partition coefficient (Wildman–Crippen LogP) is 3.95. The number of benzene rings is 1. The van der Waals surface area contributed by atoms with Gasteiger partial charge in [0.05, 0.1) is 15.6 Å². The van der Waals surface area contributed by atoms with Crippen molar-refractivity contribution in [2.24, 2.45) is 5.41 Å². The summed E-state index contributed by atoms with van der Waals surface area (Å²) in [5.41, 5.74) is 0.799. The molecule has 0 spiro atoms. The lowest BCUT2D eigenvalue weighted by molar-refractivity contribution is -0.117. The Labute approximate surface area is 128 Å². The average Bonchev–Trinajstić information content (AvgIpc) is 2.19. The van der Waals surface area contributed by atoms with Crippen LogP contribution in [0.2, 0.25) is 5.02 Å². The Morgan fingerprint density at radius 1 is 1.30 bits per heavy atom. The Morgan fingerprint density at radius 2 is 1.85 bits per heavy atom. The van der Waals surface area contributed by atoms with Crippen LogP contribution >= 0.6 is 22.3 Å². The maximum atomic E-state index is 11.9. The van der Waals surface area contributed by atoms with Crippen LogP contribution in [-0.4, -0.2) is 14.3 Å². The number of anilines is 1. The Hall–Kier alpha value is -0.780. The highest BCUT2D eigenvalue weighted by molar-refractivity contribution is 8.13. The van der Waals surface area contributed by atoms with E-state index in [0.29, 0.717) is 17.7 Å². The number of hydrogen-bond donors (Lipinski definition) is 1. The summed E-state index contributed by atoms with van der Waals surface area (Å²) in [5, 5.41) is 2.85. The van der Waals surface area contributed by atoms with Crippen molar-refractivity contribution in [3.8, 4) is 0 Å². The normalized spacial score (nSPS) is 12.3. The standard InChI is InChI=1S/C13H17Cl2NO3S/c1-8-5-9(20(15,18)19)6-10(14)12(8)16-11(17)7-13(2,3)4/h5-6H,7H2,1-4H3,(H,16,17). The summed E-state index contributed by atoms with van der Waals surface area (Å²) < 4.78 is 22.6. The van der Waals surface area contributed by atoms with Gasteiger partial charge in [0.25, 0.3) is 9.05 Å². The van der Waals surface area contributed by atoms with E-state index in [-0.39, 0.29) is 21.2 Å². The molecule has 0 heterocycles. The minimum Gasteiger partial charge on any atom is -0.325 e. The van der Waals surface area contributed by atoms with Crippen LogP contribution in [0.1, 0.15) is 32.8 Å². The van der Waals surface area contributed by atoms with Crippen molar-refractivity contribution >= 4 is 42.9 Å². The zero-order chi connectivity index (χ0) is 15.7. The highest BCUT2D eigenvalue weighted by atomic mass is 35.7. The molecule has 0 bridgehead atoms. The summed E-state index contributed by atoms with van der Waals surface area (Å²) >= 11 is 6.02. The van der Waals surface area contributed by atoms with Gasteiger partial charge in [-0.05, 0) is 30.0 Å². The molecular formula is C13H17Cl2NO3S. The van der Waals surface area contributed by atoms with Crippen molar-refractivity contribution in [1.29, 1.82) is 0 Å². The van der Waals surface area contributed by atoms with Gasteiger partial charge >= 0.3 is 0 Å². The first-order valence-electron chi connectivity index (χ1n) is 5.95. The molecule has 0 unspecified atom stereocenters. The van der Waals surface area contributed by atoms with Crippen molar-refractivity contribution in [2.45, 2.75) is 39.0 Å². The molecule has 0 aliphatic heterocycles. The molecule has 0 aliphatic carbocycles. The molecule has 1 aromatic carbocycles. The molecule has 112 valence electrons. The summed E-state index contributed by atoms with van der Waals surface area (Å²) in [5.74, 6) is -0.177. The van der Waals surface area contributed by atoms with Crippen molar-refractivity contribution in [3.63, 3.8) is 0 Å². The van der Waals surface area contributed by atoms with Crippen LogP contribution in [0.5, 0.6) is 0 Å². The number of rotatable bonds is 3. The third-order valence-corrected chi connectivity index (χ3v) is 4.13. The molecule has 7 heteroatoms. The van der Waals surface area contributed by atoms with Crippen LogP contribution in [-0.2, 0) is 13.8 Å². The van der Waals surface area contributed by atoms with Crippen molar-refractivity contribution in [1.82, 2.24) is 0 Å². The Balaban J connectivity index is 3.07. The Morgan fingerprint density at radius 3 is 2.25 bits per heavy atom. The molecule has 1 amide bonds. The van der Waals surface area contributed by atoms with Gasteiger partial charge in [-0.25, -0.2) is 8.42 Å². The van der Waals surface area contributed by atoms with E-state index in [1.165, 1.54) is 12.1 Å². The molecule has 0 fully saturated rings. The van der Waals surface area contributed by atoms with Crippen LogP contribution in [0.25, 0.3) is 0 Å². The van der Waals surface area contributed by atoms with Crippen LogP contribution in [0.4, 0.5) is 5.69 Å². The molecule has 20 heavy (non-hydrogen) atoms.